The van der Waals surface area contributed by atoms with E-state index in [0.29, 0.717) is 45.0 Å². The van der Waals surface area contributed by atoms with Crippen LogP contribution in [0.5, 0.6) is 0 Å². The Hall–Kier alpha value is -1.00. The maximum absolute atomic E-state index is 12.7. The molecular weight excluding hydrogens is 378 g/mol. The van der Waals surface area contributed by atoms with Crippen molar-refractivity contribution < 1.29 is 22.7 Å². The van der Waals surface area contributed by atoms with E-state index in [2.05, 4.69) is 4.72 Å². The third kappa shape index (κ3) is 7.71. The molecule has 1 N–H and O–H groups in total. The lowest BCUT2D eigenvalue weighted by Gasteiger charge is -2.36. The fourth-order valence-corrected chi connectivity index (χ4v) is 3.72. The van der Waals surface area contributed by atoms with E-state index in [9.17, 15) is 18.0 Å². The number of carbonyl (C=O) groups excluding carboxylic acids is 2. The SMILES string of the molecule is CCS(=O)(=O)NC(CCSC)C(=O)N1CCN(C(=O)OCC(C)C)CC1. The molecule has 1 fully saturated rings. The number of sulfonamides is 1. The second-order valence-electron chi connectivity index (χ2n) is 6.64. The fourth-order valence-electron chi connectivity index (χ4n) is 2.43. The topological polar surface area (TPSA) is 96.0 Å². The molecule has 1 rings (SSSR count). The van der Waals surface area contributed by atoms with Crippen LogP contribution < -0.4 is 4.72 Å². The summed E-state index contributed by atoms with van der Waals surface area (Å²) in [6, 6.07) is -0.758. The molecule has 8 nitrogen and oxygen atoms in total. The number of thioether (sulfide) groups is 1. The van der Waals surface area contributed by atoms with Crippen LogP contribution in [0, 0.1) is 5.92 Å². The van der Waals surface area contributed by atoms with Crippen molar-refractivity contribution in [2.45, 2.75) is 33.2 Å². The molecule has 0 bridgehead atoms. The monoisotopic (exact) mass is 409 g/mol. The molecule has 1 heterocycles. The third-order valence-electron chi connectivity index (χ3n) is 4.00. The van der Waals surface area contributed by atoms with Gasteiger partial charge in [-0.2, -0.15) is 11.8 Å². The summed E-state index contributed by atoms with van der Waals surface area (Å²) >= 11 is 1.56. The maximum Gasteiger partial charge on any atom is 0.409 e. The van der Waals surface area contributed by atoms with Crippen molar-refractivity contribution in [2.75, 3.05) is 50.5 Å². The van der Waals surface area contributed by atoms with Crippen molar-refractivity contribution in [1.29, 1.82) is 0 Å². The van der Waals surface area contributed by atoms with E-state index in [-0.39, 0.29) is 23.7 Å². The minimum atomic E-state index is -3.46. The molecule has 1 aliphatic heterocycles. The highest BCUT2D eigenvalue weighted by Crippen LogP contribution is 2.11. The van der Waals surface area contributed by atoms with Crippen LogP contribution in [0.4, 0.5) is 4.79 Å². The largest absolute Gasteiger partial charge is 0.449 e. The van der Waals surface area contributed by atoms with Crippen molar-refractivity contribution in [2.24, 2.45) is 5.92 Å². The summed E-state index contributed by atoms with van der Waals surface area (Å²) in [5.41, 5.74) is 0. The van der Waals surface area contributed by atoms with Crippen LogP contribution in [0.25, 0.3) is 0 Å². The van der Waals surface area contributed by atoms with Crippen molar-refractivity contribution in [1.82, 2.24) is 14.5 Å². The van der Waals surface area contributed by atoms with Gasteiger partial charge in [-0.05, 0) is 31.3 Å². The van der Waals surface area contributed by atoms with Crippen LogP contribution in [-0.2, 0) is 19.6 Å². The molecule has 1 saturated heterocycles. The van der Waals surface area contributed by atoms with Gasteiger partial charge in [0.25, 0.3) is 0 Å². The Kier molecular flexibility index (Phi) is 9.73. The van der Waals surface area contributed by atoms with Crippen LogP contribution >= 0.6 is 11.8 Å². The predicted octanol–water partition coefficient (Wildman–Crippen LogP) is 0.984. The molecule has 0 aliphatic carbocycles. The van der Waals surface area contributed by atoms with Gasteiger partial charge in [0.1, 0.15) is 6.04 Å². The number of carbonyl (C=O) groups is 2. The molecule has 0 saturated carbocycles. The summed E-state index contributed by atoms with van der Waals surface area (Å²) in [6.45, 7) is 7.37. The number of hydrogen-bond donors (Lipinski definition) is 1. The molecule has 0 aromatic carbocycles. The standard InChI is InChI=1S/C16H31N3O5S2/c1-5-26(22,23)17-14(6-11-25-4)15(20)18-7-9-19(10-8-18)16(21)24-12-13(2)3/h13-14,17H,5-12H2,1-4H3. The first-order valence-electron chi connectivity index (χ1n) is 8.89. The Bertz CT molecular complexity index is 560. The lowest BCUT2D eigenvalue weighted by atomic mass is 10.2. The van der Waals surface area contributed by atoms with Gasteiger partial charge in [0.05, 0.1) is 12.4 Å². The number of hydrogen-bond acceptors (Lipinski definition) is 6. The van der Waals surface area contributed by atoms with Crippen molar-refractivity contribution in [3.8, 4) is 0 Å². The summed E-state index contributed by atoms with van der Waals surface area (Å²) in [7, 11) is -3.46. The van der Waals surface area contributed by atoms with Crippen LogP contribution in [0.1, 0.15) is 27.2 Å². The molecule has 26 heavy (non-hydrogen) atoms. The smallest absolute Gasteiger partial charge is 0.409 e. The van der Waals surface area contributed by atoms with Crippen LogP contribution in [0.15, 0.2) is 0 Å². The first-order chi connectivity index (χ1) is 12.2. The molecule has 0 radical (unpaired) electrons. The molecular formula is C16H31N3O5S2. The number of ether oxygens (including phenoxy) is 1. The highest BCUT2D eigenvalue weighted by atomic mass is 32.2. The van der Waals surface area contributed by atoms with Gasteiger partial charge >= 0.3 is 6.09 Å². The number of nitrogens with one attached hydrogen (secondary N) is 1. The molecule has 2 amide bonds. The Labute approximate surface area is 161 Å². The fraction of sp³-hybridized carbons (Fsp3) is 0.875. The van der Waals surface area contributed by atoms with Crippen LogP contribution in [0.2, 0.25) is 0 Å². The first-order valence-corrected chi connectivity index (χ1v) is 11.9. The lowest BCUT2D eigenvalue weighted by molar-refractivity contribution is -0.134. The van der Waals surface area contributed by atoms with Crippen LogP contribution in [-0.4, -0.2) is 86.8 Å². The Morgan fingerprint density at radius 2 is 1.73 bits per heavy atom. The molecule has 0 spiro atoms. The average Bonchev–Trinajstić information content (AvgIpc) is 2.62. The molecule has 0 aromatic heterocycles. The second kappa shape index (κ2) is 11.0. The van der Waals surface area contributed by atoms with Crippen molar-refractivity contribution in [3.63, 3.8) is 0 Å². The van der Waals surface area contributed by atoms with Crippen molar-refractivity contribution >= 4 is 33.8 Å². The van der Waals surface area contributed by atoms with Gasteiger partial charge in [-0.25, -0.2) is 17.9 Å². The normalized spacial score (nSPS) is 16.7. The van der Waals surface area contributed by atoms with Gasteiger partial charge in [-0.3, -0.25) is 4.79 Å². The predicted molar refractivity (Wildman–Crippen MR) is 104 cm³/mol. The van der Waals surface area contributed by atoms with Gasteiger partial charge < -0.3 is 14.5 Å². The minimum Gasteiger partial charge on any atom is -0.449 e. The zero-order chi connectivity index (χ0) is 19.7. The lowest BCUT2D eigenvalue weighted by Crippen LogP contribution is -2.56. The molecule has 1 unspecified atom stereocenters. The second-order valence-corrected chi connectivity index (χ2v) is 9.67. The summed E-state index contributed by atoms with van der Waals surface area (Å²) < 4.78 is 31.5. The highest BCUT2D eigenvalue weighted by Gasteiger charge is 2.31. The zero-order valence-electron chi connectivity index (χ0n) is 16.1. The van der Waals surface area contributed by atoms with E-state index in [1.165, 1.54) is 0 Å². The molecule has 152 valence electrons. The number of amides is 2. The van der Waals surface area contributed by atoms with E-state index < -0.39 is 16.1 Å². The third-order valence-corrected chi connectivity index (χ3v) is 6.05. The van der Waals surface area contributed by atoms with Gasteiger partial charge in [-0.1, -0.05) is 13.8 Å². The Morgan fingerprint density at radius 3 is 2.23 bits per heavy atom. The Balaban J connectivity index is 2.61. The first kappa shape index (κ1) is 23.0. The van der Waals surface area contributed by atoms with E-state index >= 15 is 0 Å². The molecule has 1 atom stereocenters. The van der Waals surface area contributed by atoms with Gasteiger partial charge in [0.15, 0.2) is 0 Å². The van der Waals surface area contributed by atoms with E-state index in [0.717, 1.165) is 0 Å². The number of piperazine rings is 1. The van der Waals surface area contributed by atoms with E-state index in [1.807, 2.05) is 20.1 Å². The minimum absolute atomic E-state index is 0.0640. The van der Waals surface area contributed by atoms with Crippen LogP contribution in [0.3, 0.4) is 0 Å². The summed E-state index contributed by atoms with van der Waals surface area (Å²) in [4.78, 5) is 27.9. The van der Waals surface area contributed by atoms with E-state index in [4.69, 9.17) is 4.74 Å². The zero-order valence-corrected chi connectivity index (χ0v) is 17.7. The van der Waals surface area contributed by atoms with Gasteiger partial charge in [0.2, 0.25) is 15.9 Å². The van der Waals surface area contributed by atoms with Crippen molar-refractivity contribution in [3.05, 3.63) is 0 Å². The van der Waals surface area contributed by atoms with Gasteiger partial charge in [0, 0.05) is 26.2 Å². The average molecular weight is 410 g/mol. The Morgan fingerprint density at radius 1 is 1.15 bits per heavy atom. The van der Waals surface area contributed by atoms with E-state index in [1.54, 1.807) is 28.5 Å². The number of rotatable bonds is 9. The maximum atomic E-state index is 12.7. The summed E-state index contributed by atoms with van der Waals surface area (Å²) in [6.07, 6.45) is 1.99. The van der Waals surface area contributed by atoms with Gasteiger partial charge in [-0.15, -0.1) is 0 Å². The highest BCUT2D eigenvalue weighted by molar-refractivity contribution is 7.98. The summed E-state index contributed by atoms with van der Waals surface area (Å²) in [5.74, 6) is 0.659. The molecule has 10 heteroatoms. The number of nitrogens with zero attached hydrogens (tertiary/aromatic N) is 2. The summed E-state index contributed by atoms with van der Waals surface area (Å²) in [5, 5.41) is 0. The molecule has 0 aromatic rings. The molecule has 1 aliphatic rings. The quantitative estimate of drug-likeness (QED) is 0.610.